The summed E-state index contributed by atoms with van der Waals surface area (Å²) in [7, 11) is -4.18. The molecule has 0 saturated heterocycles. The average molecular weight is 281 g/mol. The van der Waals surface area contributed by atoms with Crippen molar-refractivity contribution in [3.63, 3.8) is 0 Å². The maximum Gasteiger partial charge on any atom is 1.00 e. The zero-order valence-corrected chi connectivity index (χ0v) is 13.2. The van der Waals surface area contributed by atoms with E-state index in [1.807, 2.05) is 6.07 Å². The van der Waals surface area contributed by atoms with Crippen LogP contribution in [-0.2, 0) is 23.1 Å². The van der Waals surface area contributed by atoms with Crippen molar-refractivity contribution in [3.8, 4) is 0 Å². The van der Waals surface area contributed by atoms with Crippen molar-refractivity contribution < 1.29 is 42.5 Å². The standard InChI is InChI=1S/C10H17N3O3S.Na/c11-5-6-12-8-10-3-1-2-9(13-10)4-7-17(14,15)16;/h1-3,12H,4-8,11H2,(H,14,15,16);/q;+1/p-1. The third kappa shape index (κ3) is 8.15. The second kappa shape index (κ2) is 8.98. The van der Waals surface area contributed by atoms with Crippen molar-refractivity contribution in [3.05, 3.63) is 29.6 Å². The number of nitrogens with two attached hydrogens (primary N) is 1. The molecule has 0 spiro atoms. The third-order valence-corrected chi connectivity index (χ3v) is 2.80. The zero-order chi connectivity index (χ0) is 12.7. The normalized spacial score (nSPS) is 11.0. The second-order valence-corrected chi connectivity index (χ2v) is 5.12. The number of nitrogens with zero attached hydrogens (tertiary/aromatic N) is 1. The number of pyridine rings is 1. The molecule has 0 atom stereocenters. The summed E-state index contributed by atoms with van der Waals surface area (Å²) in [4.78, 5) is 4.24. The number of hydrogen-bond donors (Lipinski definition) is 2. The van der Waals surface area contributed by atoms with Crippen LogP contribution in [-0.4, -0.2) is 36.8 Å². The molecular weight excluding hydrogens is 265 g/mol. The summed E-state index contributed by atoms with van der Waals surface area (Å²) in [6, 6.07) is 5.33. The molecule has 0 bridgehead atoms. The summed E-state index contributed by atoms with van der Waals surface area (Å²) in [5, 5.41) is 3.08. The smallest absolute Gasteiger partial charge is 0.748 e. The van der Waals surface area contributed by atoms with E-state index in [-0.39, 0.29) is 36.0 Å². The number of rotatable bonds is 7. The monoisotopic (exact) mass is 281 g/mol. The van der Waals surface area contributed by atoms with Gasteiger partial charge in [-0.05, 0) is 12.1 Å². The fourth-order valence-corrected chi connectivity index (χ4v) is 1.77. The van der Waals surface area contributed by atoms with Crippen molar-refractivity contribution in [2.24, 2.45) is 5.73 Å². The van der Waals surface area contributed by atoms with Crippen LogP contribution in [0, 0.1) is 0 Å². The molecule has 0 unspecified atom stereocenters. The SMILES string of the molecule is NCCNCc1cccc(CCS(=O)(=O)[O-])n1.[Na+]. The van der Waals surface area contributed by atoms with Gasteiger partial charge in [-0.3, -0.25) is 4.98 Å². The molecule has 8 heteroatoms. The van der Waals surface area contributed by atoms with E-state index >= 15 is 0 Å². The van der Waals surface area contributed by atoms with Crippen molar-refractivity contribution >= 4 is 10.1 Å². The van der Waals surface area contributed by atoms with Gasteiger partial charge in [0.15, 0.2) is 0 Å². The zero-order valence-electron chi connectivity index (χ0n) is 10.4. The Morgan fingerprint density at radius 2 is 2.00 bits per heavy atom. The van der Waals surface area contributed by atoms with Gasteiger partial charge in [0.1, 0.15) is 0 Å². The van der Waals surface area contributed by atoms with Crippen LogP contribution in [0.5, 0.6) is 0 Å². The summed E-state index contributed by atoms with van der Waals surface area (Å²) < 4.78 is 31.5. The number of nitrogens with one attached hydrogen (secondary N) is 1. The van der Waals surface area contributed by atoms with E-state index in [1.54, 1.807) is 12.1 Å². The minimum absolute atomic E-state index is 0. The van der Waals surface area contributed by atoms with Crippen LogP contribution in [0.2, 0.25) is 0 Å². The van der Waals surface area contributed by atoms with Gasteiger partial charge in [0.25, 0.3) is 0 Å². The van der Waals surface area contributed by atoms with E-state index in [9.17, 15) is 13.0 Å². The minimum atomic E-state index is -4.18. The van der Waals surface area contributed by atoms with Crippen LogP contribution >= 0.6 is 0 Å². The molecule has 1 rings (SSSR count). The average Bonchev–Trinajstić information content (AvgIpc) is 2.27. The first-order valence-corrected chi connectivity index (χ1v) is 6.88. The van der Waals surface area contributed by atoms with Gasteiger partial charge < -0.3 is 15.6 Å². The van der Waals surface area contributed by atoms with Crippen molar-refractivity contribution in [2.45, 2.75) is 13.0 Å². The van der Waals surface area contributed by atoms with Crippen molar-refractivity contribution in [1.82, 2.24) is 10.3 Å². The Balaban J connectivity index is 0.00000289. The Kier molecular flexibility index (Phi) is 8.97. The van der Waals surface area contributed by atoms with Crippen LogP contribution in [0.4, 0.5) is 0 Å². The van der Waals surface area contributed by atoms with E-state index in [2.05, 4.69) is 10.3 Å². The molecule has 0 radical (unpaired) electrons. The van der Waals surface area contributed by atoms with Gasteiger partial charge in [0.2, 0.25) is 0 Å². The topological polar surface area (TPSA) is 108 Å². The van der Waals surface area contributed by atoms with Crippen LogP contribution < -0.4 is 40.6 Å². The molecule has 96 valence electrons. The van der Waals surface area contributed by atoms with Crippen molar-refractivity contribution in [1.29, 1.82) is 0 Å². The molecule has 0 aromatic carbocycles. The molecule has 0 aliphatic heterocycles. The van der Waals surface area contributed by atoms with Crippen LogP contribution in [0.25, 0.3) is 0 Å². The number of hydrogen-bond acceptors (Lipinski definition) is 6. The predicted octanol–water partition coefficient (Wildman–Crippen LogP) is -3.78. The molecule has 0 aliphatic carbocycles. The molecule has 18 heavy (non-hydrogen) atoms. The van der Waals surface area contributed by atoms with Gasteiger partial charge in [0.05, 0.1) is 15.8 Å². The van der Waals surface area contributed by atoms with Gasteiger partial charge in [-0.2, -0.15) is 0 Å². The molecule has 0 saturated carbocycles. The van der Waals surface area contributed by atoms with Crippen molar-refractivity contribution in [2.75, 3.05) is 18.8 Å². The van der Waals surface area contributed by atoms with Gasteiger partial charge in [-0.15, -0.1) is 0 Å². The molecule has 1 aromatic heterocycles. The van der Waals surface area contributed by atoms with Crippen LogP contribution in [0.1, 0.15) is 11.4 Å². The van der Waals surface area contributed by atoms with Gasteiger partial charge in [0, 0.05) is 37.5 Å². The Morgan fingerprint density at radius 1 is 1.33 bits per heavy atom. The van der Waals surface area contributed by atoms with E-state index in [4.69, 9.17) is 5.73 Å². The first kappa shape index (κ1) is 18.0. The van der Waals surface area contributed by atoms with E-state index < -0.39 is 15.9 Å². The summed E-state index contributed by atoms with van der Waals surface area (Å²) in [6.45, 7) is 1.82. The Bertz CT molecular complexity index is 453. The second-order valence-electron chi connectivity index (χ2n) is 3.60. The minimum Gasteiger partial charge on any atom is -0.748 e. The van der Waals surface area contributed by atoms with Crippen LogP contribution in [0.3, 0.4) is 0 Å². The molecule has 3 N–H and O–H groups in total. The maximum absolute atomic E-state index is 10.5. The molecule has 0 amide bonds. The van der Waals surface area contributed by atoms with E-state index in [0.29, 0.717) is 25.3 Å². The maximum atomic E-state index is 10.5. The fourth-order valence-electron chi connectivity index (χ4n) is 1.32. The van der Waals surface area contributed by atoms with Crippen LogP contribution in [0.15, 0.2) is 18.2 Å². The quantitative estimate of drug-likeness (QED) is 0.302. The van der Waals surface area contributed by atoms with E-state index in [1.165, 1.54) is 0 Å². The Labute approximate surface area is 129 Å². The van der Waals surface area contributed by atoms with E-state index in [0.717, 1.165) is 5.69 Å². The largest absolute Gasteiger partial charge is 1.00 e. The third-order valence-electron chi connectivity index (χ3n) is 2.10. The summed E-state index contributed by atoms with van der Waals surface area (Å²) in [5.41, 5.74) is 6.75. The summed E-state index contributed by atoms with van der Waals surface area (Å²) in [6.07, 6.45) is 0.149. The molecule has 0 aliphatic rings. The van der Waals surface area contributed by atoms with Gasteiger partial charge in [-0.1, -0.05) is 6.07 Å². The Hall–Kier alpha value is -0.0200. The first-order chi connectivity index (χ1) is 8.01. The molecular formula is C10H16N3NaO3S. The van der Waals surface area contributed by atoms with Gasteiger partial charge in [-0.25, -0.2) is 8.42 Å². The van der Waals surface area contributed by atoms with Gasteiger partial charge >= 0.3 is 29.6 Å². The molecule has 6 nitrogen and oxygen atoms in total. The molecule has 1 heterocycles. The molecule has 1 aromatic rings. The molecule has 0 fully saturated rings. The number of aromatic nitrogens is 1. The predicted molar refractivity (Wildman–Crippen MR) is 63.3 cm³/mol. The summed E-state index contributed by atoms with van der Waals surface area (Å²) in [5.74, 6) is -0.417. The number of aryl methyl sites for hydroxylation is 1. The Morgan fingerprint density at radius 3 is 2.61 bits per heavy atom. The summed E-state index contributed by atoms with van der Waals surface area (Å²) >= 11 is 0. The fraction of sp³-hybridized carbons (Fsp3) is 0.500. The first-order valence-electron chi connectivity index (χ1n) is 5.30.